The van der Waals surface area contributed by atoms with Crippen molar-refractivity contribution in [3.05, 3.63) is 111 Å². The molecule has 1 amide bonds. The molecule has 34 heavy (non-hydrogen) atoms. The molecule has 0 aromatic heterocycles. The first kappa shape index (κ1) is 24.0. The molecular formula is C27H26ClNO4S. The third kappa shape index (κ3) is 4.36. The van der Waals surface area contributed by atoms with Gasteiger partial charge in [0.15, 0.2) is 5.76 Å². The van der Waals surface area contributed by atoms with Crippen LogP contribution in [0.5, 0.6) is 0 Å². The summed E-state index contributed by atoms with van der Waals surface area (Å²) < 4.78 is 27.4. The first-order valence-corrected chi connectivity index (χ1v) is 12.9. The maximum atomic E-state index is 13.7. The highest BCUT2D eigenvalue weighted by Crippen LogP contribution is 2.43. The van der Waals surface area contributed by atoms with E-state index in [0.29, 0.717) is 16.1 Å². The van der Waals surface area contributed by atoms with Crippen molar-refractivity contribution in [2.24, 2.45) is 0 Å². The lowest BCUT2D eigenvalue weighted by atomic mass is 9.98. The molecule has 1 N–H and O–H groups in total. The van der Waals surface area contributed by atoms with Gasteiger partial charge >= 0.3 is 0 Å². The molecule has 1 aliphatic heterocycles. The van der Waals surface area contributed by atoms with Gasteiger partial charge in [-0.15, -0.1) is 0 Å². The van der Waals surface area contributed by atoms with Gasteiger partial charge in [0.25, 0.3) is 5.91 Å². The minimum atomic E-state index is -4.16. The number of aryl methyl sites for hydroxylation is 1. The average Bonchev–Trinajstić information content (AvgIpc) is 3.06. The van der Waals surface area contributed by atoms with Crippen molar-refractivity contribution in [2.45, 2.75) is 44.2 Å². The average molecular weight is 496 g/mol. The van der Waals surface area contributed by atoms with E-state index in [9.17, 15) is 18.3 Å². The molecule has 0 radical (unpaired) electrons. The van der Waals surface area contributed by atoms with Crippen molar-refractivity contribution in [2.75, 3.05) is 0 Å². The number of hydrogen-bond donors (Lipinski definition) is 1. The van der Waals surface area contributed by atoms with Crippen LogP contribution in [0.15, 0.2) is 88.4 Å². The smallest absolute Gasteiger partial charge is 0.290 e. The number of halogens is 1. The van der Waals surface area contributed by atoms with E-state index in [1.165, 1.54) is 17.0 Å². The first-order valence-electron chi connectivity index (χ1n) is 11.0. The van der Waals surface area contributed by atoms with Gasteiger partial charge in [-0.1, -0.05) is 85.6 Å². The van der Waals surface area contributed by atoms with Crippen molar-refractivity contribution in [3.63, 3.8) is 0 Å². The van der Waals surface area contributed by atoms with Crippen LogP contribution >= 0.6 is 11.6 Å². The molecule has 0 fully saturated rings. The van der Waals surface area contributed by atoms with E-state index in [4.69, 9.17) is 11.6 Å². The van der Waals surface area contributed by atoms with Gasteiger partial charge in [0.1, 0.15) is 4.91 Å². The Morgan fingerprint density at radius 1 is 0.971 bits per heavy atom. The predicted molar refractivity (Wildman–Crippen MR) is 133 cm³/mol. The monoisotopic (exact) mass is 495 g/mol. The third-order valence-electron chi connectivity index (χ3n) is 6.10. The molecule has 0 saturated heterocycles. The van der Waals surface area contributed by atoms with Gasteiger partial charge in [-0.25, -0.2) is 8.42 Å². The van der Waals surface area contributed by atoms with Gasteiger partial charge in [-0.3, -0.25) is 4.79 Å². The van der Waals surface area contributed by atoms with Gasteiger partial charge in [0.05, 0.1) is 10.9 Å². The van der Waals surface area contributed by atoms with Crippen LogP contribution in [0.3, 0.4) is 0 Å². The molecule has 4 rings (SSSR count). The van der Waals surface area contributed by atoms with Crippen LogP contribution in [-0.4, -0.2) is 24.3 Å². The molecule has 3 aromatic carbocycles. The summed E-state index contributed by atoms with van der Waals surface area (Å²) in [5.74, 6) is -1.22. The summed E-state index contributed by atoms with van der Waals surface area (Å²) in [6, 6.07) is 19.9. The molecule has 1 atom stereocenters. The second-order valence-corrected chi connectivity index (χ2v) is 11.1. The second-order valence-electron chi connectivity index (χ2n) is 8.78. The lowest BCUT2D eigenvalue weighted by Crippen LogP contribution is -2.30. The van der Waals surface area contributed by atoms with Crippen LogP contribution in [0.25, 0.3) is 0 Å². The third-order valence-corrected chi connectivity index (χ3v) is 8.35. The zero-order valence-electron chi connectivity index (χ0n) is 19.2. The van der Waals surface area contributed by atoms with Crippen molar-refractivity contribution in [1.29, 1.82) is 0 Å². The largest absolute Gasteiger partial charge is 0.502 e. The molecule has 0 bridgehead atoms. The van der Waals surface area contributed by atoms with E-state index in [2.05, 4.69) is 13.8 Å². The quantitative estimate of drug-likeness (QED) is 0.448. The van der Waals surface area contributed by atoms with E-state index in [-0.39, 0.29) is 22.3 Å². The fourth-order valence-corrected chi connectivity index (χ4v) is 5.96. The number of amides is 1. The van der Waals surface area contributed by atoms with Gasteiger partial charge < -0.3 is 10.0 Å². The number of aliphatic hydroxyl groups is 1. The van der Waals surface area contributed by atoms with Crippen LogP contribution in [0, 0.1) is 6.92 Å². The lowest BCUT2D eigenvalue weighted by molar-refractivity contribution is -0.130. The number of rotatable bonds is 6. The molecule has 1 aliphatic rings. The highest BCUT2D eigenvalue weighted by atomic mass is 35.5. The number of carbonyl (C=O) groups excluding carboxylic acids is 1. The maximum Gasteiger partial charge on any atom is 0.290 e. The topological polar surface area (TPSA) is 74.7 Å². The lowest BCUT2D eigenvalue weighted by Gasteiger charge is -2.27. The minimum absolute atomic E-state index is 0.0239. The molecule has 0 aliphatic carbocycles. The Morgan fingerprint density at radius 2 is 1.59 bits per heavy atom. The van der Waals surface area contributed by atoms with Gasteiger partial charge in [-0.2, -0.15) is 0 Å². The molecule has 0 spiro atoms. The minimum Gasteiger partial charge on any atom is -0.502 e. The number of hydrogen-bond acceptors (Lipinski definition) is 4. The Hall–Kier alpha value is -3.09. The van der Waals surface area contributed by atoms with Crippen molar-refractivity contribution < 1.29 is 18.3 Å². The summed E-state index contributed by atoms with van der Waals surface area (Å²) in [4.78, 5) is 14.3. The predicted octanol–water partition coefficient (Wildman–Crippen LogP) is 6.10. The Labute approximate surface area is 205 Å². The summed E-state index contributed by atoms with van der Waals surface area (Å²) in [7, 11) is -4.16. The number of sulfone groups is 1. The zero-order valence-corrected chi connectivity index (χ0v) is 20.8. The highest BCUT2D eigenvalue weighted by molar-refractivity contribution is 7.95. The van der Waals surface area contributed by atoms with E-state index in [0.717, 1.165) is 11.1 Å². The molecule has 3 aromatic rings. The standard InChI is InChI=1S/C27H26ClNO4S/c1-17(2)19-10-12-20(13-11-19)24-26(34(32,33)22-14-8-18(3)9-15-22)25(30)27(31)29(24)16-21-6-4-5-7-23(21)28/h4-15,17,24,30H,16H2,1-3H3/t24-/m0/s1. The van der Waals surface area contributed by atoms with E-state index < -0.39 is 27.5 Å². The molecule has 0 saturated carbocycles. The number of nitrogens with zero attached hydrogens (tertiary/aromatic N) is 1. The van der Waals surface area contributed by atoms with Crippen LogP contribution in [0.4, 0.5) is 0 Å². The van der Waals surface area contributed by atoms with E-state index in [1.807, 2.05) is 31.2 Å². The summed E-state index contributed by atoms with van der Waals surface area (Å²) in [5.41, 5.74) is 3.24. The Kier molecular flexibility index (Phi) is 6.56. The number of benzene rings is 3. The molecular weight excluding hydrogens is 470 g/mol. The van der Waals surface area contributed by atoms with Gasteiger partial charge in [0, 0.05) is 11.6 Å². The van der Waals surface area contributed by atoms with Crippen molar-refractivity contribution >= 4 is 27.3 Å². The molecule has 7 heteroatoms. The van der Waals surface area contributed by atoms with Crippen LogP contribution in [-0.2, 0) is 21.2 Å². The van der Waals surface area contributed by atoms with Crippen LogP contribution in [0.2, 0.25) is 5.02 Å². The highest BCUT2D eigenvalue weighted by Gasteiger charge is 2.47. The molecule has 5 nitrogen and oxygen atoms in total. The summed E-state index contributed by atoms with van der Waals surface area (Å²) in [6.07, 6.45) is 0. The Bertz CT molecular complexity index is 1360. The van der Waals surface area contributed by atoms with E-state index >= 15 is 0 Å². The maximum absolute atomic E-state index is 13.7. The molecule has 1 heterocycles. The number of aliphatic hydroxyl groups excluding tert-OH is 1. The van der Waals surface area contributed by atoms with Crippen LogP contribution in [0.1, 0.15) is 48.1 Å². The summed E-state index contributed by atoms with van der Waals surface area (Å²) in [6.45, 7) is 6.04. The van der Waals surface area contributed by atoms with Crippen molar-refractivity contribution in [1.82, 2.24) is 4.90 Å². The van der Waals surface area contributed by atoms with Gasteiger partial charge in [0.2, 0.25) is 9.84 Å². The molecule has 176 valence electrons. The van der Waals surface area contributed by atoms with E-state index in [1.54, 1.807) is 36.4 Å². The fraction of sp³-hybridized carbons (Fsp3) is 0.222. The van der Waals surface area contributed by atoms with Crippen molar-refractivity contribution in [3.8, 4) is 0 Å². The summed E-state index contributed by atoms with van der Waals surface area (Å²) in [5, 5.41) is 11.3. The molecule has 0 unspecified atom stereocenters. The fourth-order valence-electron chi connectivity index (χ4n) is 4.12. The Morgan fingerprint density at radius 3 is 2.18 bits per heavy atom. The zero-order chi connectivity index (χ0) is 24.6. The summed E-state index contributed by atoms with van der Waals surface area (Å²) >= 11 is 6.34. The normalized spacial score (nSPS) is 16.6. The second kappa shape index (κ2) is 9.28. The first-order chi connectivity index (χ1) is 16.1. The Balaban J connectivity index is 1.86. The van der Waals surface area contributed by atoms with Gasteiger partial charge in [-0.05, 0) is 47.7 Å². The number of carbonyl (C=O) groups is 1. The van der Waals surface area contributed by atoms with Crippen LogP contribution < -0.4 is 0 Å². The SMILES string of the molecule is Cc1ccc(S(=O)(=O)C2=C(O)C(=O)N(Cc3ccccc3Cl)[C@H]2c2ccc(C(C)C)cc2)cc1.